The molecule has 1 atom stereocenters. The minimum atomic E-state index is -0.754. The molecule has 1 aromatic carbocycles. The Balaban J connectivity index is 1.77. The van der Waals surface area contributed by atoms with Crippen LogP contribution in [0.4, 0.5) is 0 Å². The lowest BCUT2D eigenvalue weighted by atomic mass is 10.0. The van der Waals surface area contributed by atoms with Crippen LogP contribution in [-0.2, 0) is 11.3 Å². The van der Waals surface area contributed by atoms with E-state index in [4.69, 9.17) is 0 Å². The number of hydrazone groups is 1. The average molecular weight is 405 g/mol. The third kappa shape index (κ3) is 3.52. The molecule has 0 aliphatic carbocycles. The van der Waals surface area contributed by atoms with Gasteiger partial charge in [0.2, 0.25) is 11.8 Å². The number of rotatable bonds is 4. The standard InChI is InChI=1S/C21H19N5O4/c1-13(27)26-17(15-8-5-9-22-11-15)10-16(24-26)18-19(28)23-21(30)25(20(18)29)12-14-6-3-2-4-7-14/h2-9,11,17,29H,10,12H2,1H3,(H,23,28,30)/t17-/m0/s1. The van der Waals surface area contributed by atoms with Gasteiger partial charge in [-0.2, -0.15) is 5.10 Å². The Labute approximate surface area is 171 Å². The topological polar surface area (TPSA) is 121 Å². The Morgan fingerprint density at radius 3 is 2.63 bits per heavy atom. The number of aromatic hydroxyl groups is 1. The molecule has 1 aliphatic rings. The van der Waals surface area contributed by atoms with E-state index < -0.39 is 23.2 Å². The summed E-state index contributed by atoms with van der Waals surface area (Å²) in [5, 5.41) is 16.4. The molecule has 0 saturated carbocycles. The van der Waals surface area contributed by atoms with Gasteiger partial charge in [0.05, 0.1) is 18.3 Å². The van der Waals surface area contributed by atoms with Crippen molar-refractivity contribution >= 4 is 11.6 Å². The van der Waals surface area contributed by atoms with E-state index in [9.17, 15) is 19.5 Å². The number of H-pyrrole nitrogens is 1. The lowest BCUT2D eigenvalue weighted by Crippen LogP contribution is -2.34. The van der Waals surface area contributed by atoms with E-state index in [-0.39, 0.29) is 30.1 Å². The number of hydrogen-bond acceptors (Lipinski definition) is 6. The highest BCUT2D eigenvalue weighted by molar-refractivity contribution is 6.04. The third-order valence-corrected chi connectivity index (χ3v) is 4.95. The molecule has 1 amide bonds. The summed E-state index contributed by atoms with van der Waals surface area (Å²) < 4.78 is 1.07. The second-order valence-corrected chi connectivity index (χ2v) is 6.95. The highest BCUT2D eigenvalue weighted by atomic mass is 16.3. The maximum absolute atomic E-state index is 12.5. The number of hydrogen-bond donors (Lipinski definition) is 2. The van der Waals surface area contributed by atoms with Gasteiger partial charge < -0.3 is 5.11 Å². The Bertz CT molecular complexity index is 1230. The summed E-state index contributed by atoms with van der Waals surface area (Å²) in [6.45, 7) is 1.45. The van der Waals surface area contributed by atoms with Gasteiger partial charge in [-0.3, -0.25) is 24.1 Å². The van der Waals surface area contributed by atoms with Crippen LogP contribution in [0.3, 0.4) is 0 Å². The van der Waals surface area contributed by atoms with E-state index in [1.165, 1.54) is 11.9 Å². The second-order valence-electron chi connectivity index (χ2n) is 6.95. The molecular weight excluding hydrogens is 386 g/mol. The fourth-order valence-corrected chi connectivity index (χ4v) is 3.52. The SMILES string of the molecule is CC(=O)N1N=C(c2c(O)n(Cc3ccccc3)c(=O)[nH]c2=O)C[C@H]1c1cccnc1. The number of nitrogens with one attached hydrogen (secondary N) is 1. The van der Waals surface area contributed by atoms with Crippen LogP contribution >= 0.6 is 0 Å². The van der Waals surface area contributed by atoms with Gasteiger partial charge in [0.15, 0.2) is 0 Å². The second kappa shape index (κ2) is 7.78. The highest BCUT2D eigenvalue weighted by Crippen LogP contribution is 2.33. The molecule has 3 heterocycles. The summed E-state index contributed by atoms with van der Waals surface area (Å²) in [6.07, 6.45) is 3.44. The number of amides is 1. The number of benzene rings is 1. The zero-order chi connectivity index (χ0) is 21.3. The summed E-state index contributed by atoms with van der Waals surface area (Å²) in [6, 6.07) is 12.2. The molecule has 0 saturated heterocycles. The Hall–Kier alpha value is -4.01. The predicted octanol–water partition coefficient (Wildman–Crippen LogP) is 1.38. The van der Waals surface area contributed by atoms with E-state index in [0.29, 0.717) is 0 Å². The molecule has 0 radical (unpaired) electrons. The molecule has 30 heavy (non-hydrogen) atoms. The first kappa shape index (κ1) is 19.3. The fourth-order valence-electron chi connectivity index (χ4n) is 3.52. The van der Waals surface area contributed by atoms with Gasteiger partial charge in [-0.1, -0.05) is 36.4 Å². The van der Waals surface area contributed by atoms with Crippen LogP contribution in [0.5, 0.6) is 5.88 Å². The molecule has 0 spiro atoms. The summed E-state index contributed by atoms with van der Waals surface area (Å²) in [5.41, 5.74) is 0.148. The summed E-state index contributed by atoms with van der Waals surface area (Å²) >= 11 is 0. The van der Waals surface area contributed by atoms with Gasteiger partial charge >= 0.3 is 5.69 Å². The summed E-state index contributed by atoms with van der Waals surface area (Å²) in [4.78, 5) is 43.3. The van der Waals surface area contributed by atoms with Crippen molar-refractivity contribution in [3.8, 4) is 5.88 Å². The van der Waals surface area contributed by atoms with Crippen molar-refractivity contribution in [1.29, 1.82) is 0 Å². The van der Waals surface area contributed by atoms with Crippen LogP contribution < -0.4 is 11.2 Å². The molecule has 0 unspecified atom stereocenters. The molecule has 2 aromatic heterocycles. The van der Waals surface area contributed by atoms with Crippen LogP contribution in [0.2, 0.25) is 0 Å². The summed E-state index contributed by atoms with van der Waals surface area (Å²) in [5.74, 6) is -0.797. The van der Waals surface area contributed by atoms with Crippen molar-refractivity contribution in [2.45, 2.75) is 25.9 Å². The number of nitrogens with zero attached hydrogens (tertiary/aromatic N) is 4. The molecule has 9 heteroatoms. The van der Waals surface area contributed by atoms with Gasteiger partial charge in [-0.15, -0.1) is 0 Å². The van der Waals surface area contributed by atoms with Gasteiger partial charge in [-0.05, 0) is 17.2 Å². The maximum Gasteiger partial charge on any atom is 0.331 e. The van der Waals surface area contributed by atoms with Crippen LogP contribution in [-0.4, -0.2) is 36.3 Å². The quantitative estimate of drug-likeness (QED) is 0.679. The smallest absolute Gasteiger partial charge is 0.331 e. The predicted molar refractivity (Wildman–Crippen MR) is 109 cm³/mol. The molecule has 3 aromatic rings. The monoisotopic (exact) mass is 405 g/mol. The zero-order valence-corrected chi connectivity index (χ0v) is 16.1. The normalized spacial score (nSPS) is 15.8. The number of carbonyl (C=O) groups excluding carboxylic acids is 1. The fraction of sp³-hybridized carbons (Fsp3) is 0.190. The molecular formula is C21H19N5O4. The lowest BCUT2D eigenvalue weighted by molar-refractivity contribution is -0.130. The largest absolute Gasteiger partial charge is 0.494 e. The Kier molecular flexibility index (Phi) is 5.01. The molecule has 1 aliphatic heterocycles. The van der Waals surface area contributed by atoms with Crippen LogP contribution in [0.25, 0.3) is 0 Å². The van der Waals surface area contributed by atoms with Crippen molar-refractivity contribution in [3.63, 3.8) is 0 Å². The Morgan fingerprint density at radius 1 is 1.20 bits per heavy atom. The number of pyridine rings is 1. The molecule has 4 rings (SSSR count). The van der Waals surface area contributed by atoms with Crippen molar-refractivity contribution in [2.24, 2.45) is 5.10 Å². The van der Waals surface area contributed by atoms with Crippen LogP contribution in [0, 0.1) is 0 Å². The lowest BCUT2D eigenvalue weighted by Gasteiger charge is -2.19. The number of aromatic nitrogens is 3. The first-order chi connectivity index (χ1) is 14.5. The number of carbonyl (C=O) groups is 1. The average Bonchev–Trinajstić information content (AvgIpc) is 3.18. The Morgan fingerprint density at radius 2 is 1.97 bits per heavy atom. The van der Waals surface area contributed by atoms with E-state index in [0.717, 1.165) is 15.7 Å². The molecule has 9 nitrogen and oxygen atoms in total. The summed E-state index contributed by atoms with van der Waals surface area (Å²) in [7, 11) is 0. The van der Waals surface area contributed by atoms with Crippen LogP contribution in [0.15, 0.2) is 69.5 Å². The molecule has 0 bridgehead atoms. The molecule has 152 valence electrons. The van der Waals surface area contributed by atoms with Crippen molar-refractivity contribution in [3.05, 3.63) is 92.4 Å². The zero-order valence-electron chi connectivity index (χ0n) is 16.1. The third-order valence-electron chi connectivity index (χ3n) is 4.95. The van der Waals surface area contributed by atoms with Crippen molar-refractivity contribution in [2.75, 3.05) is 0 Å². The van der Waals surface area contributed by atoms with Gasteiger partial charge in [-0.25, -0.2) is 9.80 Å². The van der Waals surface area contributed by atoms with Crippen molar-refractivity contribution < 1.29 is 9.90 Å². The van der Waals surface area contributed by atoms with E-state index in [1.807, 2.05) is 24.3 Å². The van der Waals surface area contributed by atoms with Gasteiger partial charge in [0.25, 0.3) is 5.56 Å². The van der Waals surface area contributed by atoms with E-state index in [2.05, 4.69) is 15.1 Å². The van der Waals surface area contributed by atoms with E-state index in [1.54, 1.807) is 30.6 Å². The van der Waals surface area contributed by atoms with Crippen molar-refractivity contribution in [1.82, 2.24) is 19.5 Å². The molecule has 2 N–H and O–H groups in total. The minimum Gasteiger partial charge on any atom is -0.494 e. The van der Waals surface area contributed by atoms with Gasteiger partial charge in [0.1, 0.15) is 5.56 Å². The maximum atomic E-state index is 12.5. The van der Waals surface area contributed by atoms with Crippen LogP contribution in [0.1, 0.15) is 36.1 Å². The molecule has 0 fully saturated rings. The minimum absolute atomic E-state index is 0.0744. The van der Waals surface area contributed by atoms with E-state index >= 15 is 0 Å². The van der Waals surface area contributed by atoms with Gasteiger partial charge in [0, 0.05) is 25.7 Å². The first-order valence-corrected chi connectivity index (χ1v) is 9.33. The highest BCUT2D eigenvalue weighted by Gasteiger charge is 2.34. The first-order valence-electron chi connectivity index (χ1n) is 9.33. The number of aromatic amines is 1.